The van der Waals surface area contributed by atoms with Gasteiger partial charge in [0.15, 0.2) is 0 Å². The van der Waals surface area contributed by atoms with Gasteiger partial charge in [0.25, 0.3) is 0 Å². The van der Waals surface area contributed by atoms with Crippen LogP contribution in [0.15, 0.2) is 47.4 Å². The number of carbonyl (C=O) groups excluding carboxylic acids is 2. The second-order valence-corrected chi connectivity index (χ2v) is 8.47. The minimum Gasteiger partial charge on any atom is -0.497 e. The zero-order chi connectivity index (χ0) is 22.4. The molecule has 1 saturated heterocycles. The molecule has 1 fully saturated rings. The molecule has 2 aromatic carbocycles. The average Bonchev–Trinajstić information content (AvgIpc) is 2.77. The lowest BCUT2D eigenvalue weighted by Gasteiger charge is -2.25. The number of nitrogens with one attached hydrogen (secondary N) is 1. The van der Waals surface area contributed by atoms with Crippen LogP contribution in [0.3, 0.4) is 0 Å². The zero-order valence-electron chi connectivity index (χ0n) is 17.3. The van der Waals surface area contributed by atoms with Crippen LogP contribution in [0.1, 0.15) is 19.3 Å². The molecule has 1 N–H and O–H groups in total. The number of anilines is 1. The number of amides is 2. The normalized spacial score (nSPS) is 14.5. The van der Waals surface area contributed by atoms with Gasteiger partial charge in [-0.05, 0) is 48.9 Å². The van der Waals surface area contributed by atoms with E-state index in [2.05, 4.69) is 4.72 Å². The van der Waals surface area contributed by atoms with Gasteiger partial charge in [-0.25, -0.2) is 13.1 Å². The highest BCUT2D eigenvalue weighted by Gasteiger charge is 2.29. The van der Waals surface area contributed by atoms with Crippen LogP contribution in [0.4, 0.5) is 5.69 Å². The summed E-state index contributed by atoms with van der Waals surface area (Å²) in [5, 5.41) is 0. The Hall–Kier alpha value is -3.11. The number of hydrogen-bond donors (Lipinski definition) is 1. The van der Waals surface area contributed by atoms with Gasteiger partial charge in [0.05, 0.1) is 19.9 Å². The molecule has 1 aliphatic rings. The summed E-state index contributed by atoms with van der Waals surface area (Å²) in [6.45, 7) is 0.0972. The summed E-state index contributed by atoms with van der Waals surface area (Å²) in [5.74, 6) is 0.646. The van der Waals surface area contributed by atoms with E-state index in [1.807, 2.05) is 0 Å². The van der Waals surface area contributed by atoms with E-state index in [1.165, 1.54) is 25.3 Å². The van der Waals surface area contributed by atoms with E-state index >= 15 is 0 Å². The number of sulfonamides is 1. The Labute approximate surface area is 181 Å². The van der Waals surface area contributed by atoms with Crippen molar-refractivity contribution in [2.45, 2.75) is 24.2 Å². The van der Waals surface area contributed by atoms with Crippen LogP contribution < -0.4 is 23.8 Å². The van der Waals surface area contributed by atoms with Crippen molar-refractivity contribution in [3.8, 4) is 17.2 Å². The van der Waals surface area contributed by atoms with Crippen LogP contribution in [0.25, 0.3) is 0 Å². The molecular weight excluding hydrogens is 424 g/mol. The van der Waals surface area contributed by atoms with Gasteiger partial charge in [0.1, 0.15) is 28.8 Å². The number of piperidine rings is 1. The molecule has 3 rings (SSSR count). The van der Waals surface area contributed by atoms with Gasteiger partial charge >= 0.3 is 0 Å². The molecule has 0 spiro atoms. The quantitative estimate of drug-likeness (QED) is 0.462. The highest BCUT2D eigenvalue weighted by atomic mass is 32.2. The second kappa shape index (κ2) is 9.80. The molecule has 2 amide bonds. The minimum absolute atomic E-state index is 0.00329. The Morgan fingerprint density at radius 2 is 1.58 bits per heavy atom. The van der Waals surface area contributed by atoms with E-state index in [0.29, 0.717) is 17.9 Å². The summed E-state index contributed by atoms with van der Waals surface area (Å²) in [4.78, 5) is 25.2. The number of carbonyl (C=O) groups is 2. The van der Waals surface area contributed by atoms with Crippen molar-refractivity contribution in [1.29, 1.82) is 0 Å². The summed E-state index contributed by atoms with van der Waals surface area (Å²) < 4.78 is 43.9. The zero-order valence-corrected chi connectivity index (χ0v) is 18.1. The van der Waals surface area contributed by atoms with Crippen LogP contribution in [0, 0.1) is 0 Å². The van der Waals surface area contributed by atoms with E-state index in [9.17, 15) is 18.0 Å². The van der Waals surface area contributed by atoms with Gasteiger partial charge < -0.3 is 14.2 Å². The van der Waals surface area contributed by atoms with Gasteiger partial charge in [-0.1, -0.05) is 0 Å². The Balaban J connectivity index is 1.71. The van der Waals surface area contributed by atoms with Crippen molar-refractivity contribution in [1.82, 2.24) is 4.72 Å². The predicted octanol–water partition coefficient (Wildman–Crippen LogP) is 2.10. The largest absolute Gasteiger partial charge is 0.497 e. The average molecular weight is 448 g/mol. The third-order valence-corrected chi connectivity index (χ3v) is 6.18. The first-order chi connectivity index (χ1) is 14.9. The molecule has 0 unspecified atom stereocenters. The first kappa shape index (κ1) is 22.6. The molecule has 0 bridgehead atoms. The van der Waals surface area contributed by atoms with Crippen molar-refractivity contribution >= 4 is 27.5 Å². The summed E-state index contributed by atoms with van der Waals surface area (Å²) >= 11 is 0. The number of rotatable bonds is 9. The summed E-state index contributed by atoms with van der Waals surface area (Å²) in [6, 6.07) is 11.1. The van der Waals surface area contributed by atoms with E-state index in [1.54, 1.807) is 31.4 Å². The molecule has 1 aliphatic heterocycles. The molecule has 0 saturated carbocycles. The van der Waals surface area contributed by atoms with E-state index in [4.69, 9.17) is 14.2 Å². The van der Waals surface area contributed by atoms with E-state index in [0.717, 1.165) is 4.90 Å². The van der Waals surface area contributed by atoms with Gasteiger partial charge in [-0.3, -0.25) is 14.5 Å². The van der Waals surface area contributed by atoms with Gasteiger partial charge in [0, 0.05) is 19.4 Å². The molecule has 1 heterocycles. The summed E-state index contributed by atoms with van der Waals surface area (Å²) in [5.41, 5.74) is 0.199. The minimum atomic E-state index is -3.99. The van der Waals surface area contributed by atoms with E-state index < -0.39 is 10.0 Å². The fourth-order valence-corrected chi connectivity index (χ4v) is 4.35. The first-order valence-electron chi connectivity index (χ1n) is 9.66. The molecule has 0 atom stereocenters. The predicted molar refractivity (Wildman–Crippen MR) is 113 cm³/mol. The van der Waals surface area contributed by atoms with Crippen molar-refractivity contribution in [3.05, 3.63) is 42.5 Å². The Morgan fingerprint density at radius 1 is 0.935 bits per heavy atom. The fraction of sp³-hybridized carbons (Fsp3) is 0.333. The molecule has 166 valence electrons. The molecule has 10 heteroatoms. The Morgan fingerprint density at radius 3 is 2.19 bits per heavy atom. The Kier molecular flexibility index (Phi) is 7.13. The van der Waals surface area contributed by atoms with Crippen LogP contribution in [-0.2, 0) is 19.6 Å². The highest BCUT2D eigenvalue weighted by molar-refractivity contribution is 7.89. The molecule has 31 heavy (non-hydrogen) atoms. The number of hydrogen-bond acceptors (Lipinski definition) is 7. The van der Waals surface area contributed by atoms with Gasteiger partial charge in [0.2, 0.25) is 21.8 Å². The highest BCUT2D eigenvalue weighted by Crippen LogP contribution is 2.31. The standard InChI is InChI=1S/C21H24N2O7S/c1-28-16-7-9-17(10-8-16)30-13-12-22-31(26,27)19-14-15(6-11-18(19)29-2)23-20(24)4-3-5-21(23)25/h6-11,14,22H,3-5,12-13H2,1-2H3. The monoisotopic (exact) mass is 448 g/mol. The lowest BCUT2D eigenvalue weighted by atomic mass is 10.1. The molecule has 0 radical (unpaired) electrons. The van der Waals surface area contributed by atoms with Crippen molar-refractivity contribution in [2.24, 2.45) is 0 Å². The smallest absolute Gasteiger partial charge is 0.244 e. The summed E-state index contributed by atoms with van der Waals surface area (Å²) in [7, 11) is -1.08. The molecule has 0 aromatic heterocycles. The number of nitrogens with zero attached hydrogens (tertiary/aromatic N) is 1. The third kappa shape index (κ3) is 5.33. The number of imide groups is 1. The second-order valence-electron chi connectivity index (χ2n) is 6.73. The van der Waals surface area contributed by atoms with Crippen LogP contribution in [0.5, 0.6) is 17.2 Å². The molecule has 0 aliphatic carbocycles. The molecule has 2 aromatic rings. The van der Waals surface area contributed by atoms with Crippen molar-refractivity contribution in [3.63, 3.8) is 0 Å². The third-order valence-electron chi connectivity index (χ3n) is 4.70. The molecule has 9 nitrogen and oxygen atoms in total. The maximum absolute atomic E-state index is 12.9. The lowest BCUT2D eigenvalue weighted by molar-refractivity contribution is -0.129. The number of ether oxygens (including phenoxy) is 3. The Bertz CT molecular complexity index is 1040. The SMILES string of the molecule is COc1ccc(OCCNS(=O)(=O)c2cc(N3C(=O)CCCC3=O)ccc2OC)cc1. The topological polar surface area (TPSA) is 111 Å². The van der Waals surface area contributed by atoms with Crippen LogP contribution in [-0.4, -0.2) is 47.6 Å². The number of benzene rings is 2. The van der Waals surface area contributed by atoms with Crippen molar-refractivity contribution < 1.29 is 32.2 Å². The summed E-state index contributed by atoms with van der Waals surface area (Å²) in [6.07, 6.45) is 0.965. The maximum atomic E-state index is 12.9. The first-order valence-corrected chi connectivity index (χ1v) is 11.1. The molecular formula is C21H24N2O7S. The maximum Gasteiger partial charge on any atom is 0.244 e. The van der Waals surface area contributed by atoms with E-state index in [-0.39, 0.29) is 54.1 Å². The number of methoxy groups -OCH3 is 2. The van der Waals surface area contributed by atoms with Gasteiger partial charge in [-0.2, -0.15) is 0 Å². The fourth-order valence-electron chi connectivity index (χ4n) is 3.15. The lowest BCUT2D eigenvalue weighted by Crippen LogP contribution is -2.40. The van der Waals surface area contributed by atoms with Gasteiger partial charge in [-0.15, -0.1) is 0 Å². The van der Waals surface area contributed by atoms with Crippen LogP contribution >= 0.6 is 0 Å². The van der Waals surface area contributed by atoms with Crippen LogP contribution in [0.2, 0.25) is 0 Å². The van der Waals surface area contributed by atoms with Crippen molar-refractivity contribution in [2.75, 3.05) is 32.3 Å².